The van der Waals surface area contributed by atoms with E-state index in [1.54, 1.807) is 42.5 Å². The zero-order chi connectivity index (χ0) is 21.3. The highest BCUT2D eigenvalue weighted by atomic mass is 35.5. The summed E-state index contributed by atoms with van der Waals surface area (Å²) in [5, 5.41) is 14.0. The predicted octanol–water partition coefficient (Wildman–Crippen LogP) is 8.75. The number of halogens is 4. The Morgan fingerprint density at radius 3 is 2.33 bits per heavy atom. The van der Waals surface area contributed by atoms with Crippen LogP contribution < -0.4 is 0 Å². The second-order valence-corrected chi connectivity index (χ2v) is 8.71. The van der Waals surface area contributed by atoms with E-state index in [9.17, 15) is 5.26 Å². The molecule has 3 nitrogen and oxygen atoms in total. The molecule has 4 aromatic rings. The second kappa shape index (κ2) is 8.85. The molecule has 2 aromatic heterocycles. The van der Waals surface area contributed by atoms with Crippen LogP contribution in [-0.4, -0.2) is 4.98 Å². The van der Waals surface area contributed by atoms with E-state index in [4.69, 9.17) is 50.8 Å². The van der Waals surface area contributed by atoms with Gasteiger partial charge in [0.05, 0.1) is 10.6 Å². The van der Waals surface area contributed by atoms with Crippen LogP contribution in [0.15, 0.2) is 58.3 Å². The van der Waals surface area contributed by atoms with Crippen LogP contribution in [0.1, 0.15) is 10.6 Å². The number of rotatable bonds is 4. The average Bonchev–Trinajstić information content (AvgIpc) is 3.37. The van der Waals surface area contributed by atoms with Gasteiger partial charge in [0.1, 0.15) is 22.5 Å². The number of nitriles is 1. The largest absolute Gasteiger partial charge is 0.454 e. The summed E-state index contributed by atoms with van der Waals surface area (Å²) in [4.78, 5) is 4.55. The molecule has 0 aliphatic carbocycles. The molecule has 0 aliphatic rings. The fourth-order valence-corrected chi connectivity index (χ4v) is 4.48. The molecule has 0 saturated heterocycles. The molecule has 0 bridgehead atoms. The molecule has 0 amide bonds. The van der Waals surface area contributed by atoms with E-state index in [1.165, 1.54) is 11.3 Å². The molecule has 2 heterocycles. The third kappa shape index (κ3) is 4.41. The SMILES string of the molecule is N#C/C(=C\c1ccc(Cl)cc1Cl)c1nc(-c2ccc(-c3ccc(Cl)cc3Cl)o2)cs1. The summed E-state index contributed by atoms with van der Waals surface area (Å²) in [5.41, 5.74) is 2.43. The van der Waals surface area contributed by atoms with Crippen molar-refractivity contribution in [1.29, 1.82) is 5.26 Å². The van der Waals surface area contributed by atoms with Crippen molar-refractivity contribution in [2.24, 2.45) is 0 Å². The summed E-state index contributed by atoms with van der Waals surface area (Å²) >= 11 is 25.7. The number of furan rings is 1. The average molecular weight is 492 g/mol. The zero-order valence-electron chi connectivity index (χ0n) is 15.0. The van der Waals surface area contributed by atoms with Crippen LogP contribution in [-0.2, 0) is 0 Å². The molecule has 148 valence electrons. The molecule has 4 rings (SSSR count). The van der Waals surface area contributed by atoms with Crippen molar-refractivity contribution in [3.63, 3.8) is 0 Å². The van der Waals surface area contributed by atoms with Crippen molar-refractivity contribution in [1.82, 2.24) is 4.98 Å². The molecule has 0 fully saturated rings. The van der Waals surface area contributed by atoms with Crippen molar-refractivity contribution < 1.29 is 4.42 Å². The number of hydrogen-bond donors (Lipinski definition) is 0. The van der Waals surface area contributed by atoms with Crippen LogP contribution in [0.5, 0.6) is 0 Å². The molecule has 0 unspecified atom stereocenters. The van der Waals surface area contributed by atoms with E-state index in [-0.39, 0.29) is 0 Å². The maximum absolute atomic E-state index is 9.60. The highest BCUT2D eigenvalue weighted by Gasteiger charge is 2.15. The smallest absolute Gasteiger partial charge is 0.154 e. The predicted molar refractivity (Wildman–Crippen MR) is 125 cm³/mol. The molecular weight excluding hydrogens is 482 g/mol. The quantitative estimate of drug-likeness (QED) is 0.268. The number of nitrogens with zero attached hydrogens (tertiary/aromatic N) is 2. The van der Waals surface area contributed by atoms with Crippen LogP contribution in [0, 0.1) is 11.3 Å². The third-order valence-corrected chi connectivity index (χ3v) is 6.16. The third-order valence-electron chi connectivity index (χ3n) is 4.17. The minimum absolute atomic E-state index is 0.392. The highest BCUT2D eigenvalue weighted by Crippen LogP contribution is 2.35. The summed E-state index contributed by atoms with van der Waals surface area (Å²) in [7, 11) is 0. The Balaban J connectivity index is 1.65. The normalized spacial score (nSPS) is 11.5. The van der Waals surface area contributed by atoms with Gasteiger partial charge in [0.25, 0.3) is 0 Å². The lowest BCUT2D eigenvalue weighted by atomic mass is 10.1. The van der Waals surface area contributed by atoms with Crippen molar-refractivity contribution >= 4 is 69.4 Å². The van der Waals surface area contributed by atoms with Gasteiger partial charge in [-0.1, -0.05) is 52.5 Å². The van der Waals surface area contributed by atoms with Gasteiger partial charge in [-0.2, -0.15) is 5.26 Å². The van der Waals surface area contributed by atoms with E-state index in [0.29, 0.717) is 53.4 Å². The van der Waals surface area contributed by atoms with Crippen molar-refractivity contribution in [3.8, 4) is 28.8 Å². The van der Waals surface area contributed by atoms with Gasteiger partial charge in [0.2, 0.25) is 0 Å². The van der Waals surface area contributed by atoms with E-state index >= 15 is 0 Å². The van der Waals surface area contributed by atoms with E-state index in [0.717, 1.165) is 5.56 Å². The monoisotopic (exact) mass is 490 g/mol. The zero-order valence-corrected chi connectivity index (χ0v) is 18.8. The fraction of sp³-hybridized carbons (Fsp3) is 0. The standard InChI is InChI=1S/C22H10Cl4N2OS/c23-14-2-1-12(17(25)8-14)7-13(10-27)22-28-19(11-30-22)21-6-5-20(29-21)16-4-3-15(24)9-18(16)26/h1-9,11H/b13-7+. The van der Waals surface area contributed by atoms with Gasteiger partial charge < -0.3 is 4.42 Å². The Morgan fingerprint density at radius 2 is 1.63 bits per heavy atom. The number of aromatic nitrogens is 1. The second-order valence-electron chi connectivity index (χ2n) is 6.16. The Bertz CT molecular complexity index is 1320. The van der Waals surface area contributed by atoms with Crippen LogP contribution in [0.4, 0.5) is 0 Å². The Kier molecular flexibility index (Phi) is 6.19. The molecule has 0 spiro atoms. The Morgan fingerprint density at radius 1 is 0.933 bits per heavy atom. The summed E-state index contributed by atoms with van der Waals surface area (Å²) in [6.07, 6.45) is 1.68. The van der Waals surface area contributed by atoms with Gasteiger partial charge in [-0.05, 0) is 54.1 Å². The van der Waals surface area contributed by atoms with Gasteiger partial charge in [0.15, 0.2) is 5.76 Å². The number of allylic oxidation sites excluding steroid dienone is 1. The van der Waals surface area contributed by atoms with Crippen LogP contribution in [0.2, 0.25) is 20.1 Å². The number of benzene rings is 2. The van der Waals surface area contributed by atoms with Crippen molar-refractivity contribution in [3.05, 3.63) is 84.6 Å². The maximum Gasteiger partial charge on any atom is 0.154 e. The first-order valence-corrected chi connectivity index (χ1v) is 10.9. The lowest BCUT2D eigenvalue weighted by Gasteiger charge is -2.01. The first-order valence-electron chi connectivity index (χ1n) is 8.53. The summed E-state index contributed by atoms with van der Waals surface area (Å²) < 4.78 is 5.93. The van der Waals surface area contributed by atoms with Crippen LogP contribution >= 0.6 is 57.7 Å². The number of thiazole rings is 1. The Hall–Kier alpha value is -2.26. The first-order chi connectivity index (χ1) is 14.4. The molecule has 30 heavy (non-hydrogen) atoms. The maximum atomic E-state index is 9.60. The van der Waals surface area contributed by atoms with Gasteiger partial charge in [-0.15, -0.1) is 11.3 Å². The topological polar surface area (TPSA) is 49.8 Å². The van der Waals surface area contributed by atoms with Gasteiger partial charge >= 0.3 is 0 Å². The molecule has 0 atom stereocenters. The summed E-state index contributed by atoms with van der Waals surface area (Å²) in [6.45, 7) is 0. The molecule has 0 radical (unpaired) electrons. The summed E-state index contributed by atoms with van der Waals surface area (Å²) in [6, 6.07) is 16.1. The van der Waals surface area contributed by atoms with E-state index in [2.05, 4.69) is 11.1 Å². The fourth-order valence-electron chi connectivity index (χ4n) is 2.74. The number of hydrogen-bond acceptors (Lipinski definition) is 4. The van der Waals surface area contributed by atoms with Gasteiger partial charge in [-0.3, -0.25) is 0 Å². The highest BCUT2D eigenvalue weighted by molar-refractivity contribution is 7.11. The first kappa shape index (κ1) is 21.0. The molecule has 8 heteroatoms. The molecule has 2 aromatic carbocycles. The minimum Gasteiger partial charge on any atom is -0.454 e. The van der Waals surface area contributed by atoms with E-state index < -0.39 is 0 Å². The minimum atomic E-state index is 0.392. The van der Waals surface area contributed by atoms with Gasteiger partial charge in [0, 0.05) is 26.0 Å². The van der Waals surface area contributed by atoms with E-state index in [1.807, 2.05) is 17.5 Å². The molecule has 0 aliphatic heterocycles. The van der Waals surface area contributed by atoms with Crippen molar-refractivity contribution in [2.45, 2.75) is 0 Å². The molecule has 0 saturated carbocycles. The van der Waals surface area contributed by atoms with Crippen LogP contribution in [0.25, 0.3) is 34.4 Å². The Labute approximate surface area is 196 Å². The summed E-state index contributed by atoms with van der Waals surface area (Å²) in [5.74, 6) is 1.17. The van der Waals surface area contributed by atoms with Crippen molar-refractivity contribution in [2.75, 3.05) is 0 Å². The lowest BCUT2D eigenvalue weighted by molar-refractivity contribution is 0.595. The van der Waals surface area contributed by atoms with Crippen LogP contribution in [0.3, 0.4) is 0 Å². The molecular formula is C22H10Cl4N2OS. The lowest BCUT2D eigenvalue weighted by Crippen LogP contribution is -1.83. The van der Waals surface area contributed by atoms with Gasteiger partial charge in [-0.25, -0.2) is 4.98 Å². The molecule has 0 N–H and O–H groups in total.